The number of rotatable bonds is 6. The summed E-state index contributed by atoms with van der Waals surface area (Å²) in [5.74, 6) is -2.90. The molecular weight excluding hydrogens is 335 g/mol. The van der Waals surface area contributed by atoms with Crippen molar-refractivity contribution in [1.82, 2.24) is 10.2 Å². The van der Waals surface area contributed by atoms with Crippen LogP contribution in [0.4, 0.5) is 4.39 Å². The molecule has 136 valence electrons. The molecule has 1 amide bonds. The maximum Gasteiger partial charge on any atom is 0.308 e. The quantitative estimate of drug-likeness (QED) is 0.833. The predicted octanol–water partition coefficient (Wildman–Crippen LogP) is 2.27. The number of carbonyl (C=O) groups is 2. The number of carbonyl (C=O) groups excluding carboxylic acids is 1. The summed E-state index contributed by atoms with van der Waals surface area (Å²) in [6, 6.07) is 15.6. The monoisotopic (exact) mass is 356 g/mol. The molecule has 2 atom stereocenters. The van der Waals surface area contributed by atoms with Crippen LogP contribution >= 0.6 is 0 Å². The maximum absolute atomic E-state index is 12.9. The second-order valence-electron chi connectivity index (χ2n) is 6.58. The lowest BCUT2D eigenvalue weighted by molar-refractivity contribution is -0.145. The minimum absolute atomic E-state index is 0.251. The number of likely N-dealkylation sites (tertiary alicyclic amines) is 1. The molecule has 26 heavy (non-hydrogen) atoms. The van der Waals surface area contributed by atoms with E-state index in [0.717, 1.165) is 11.1 Å². The van der Waals surface area contributed by atoms with Gasteiger partial charge in [0.25, 0.3) is 0 Å². The molecule has 2 unspecified atom stereocenters. The van der Waals surface area contributed by atoms with Gasteiger partial charge in [-0.25, -0.2) is 4.39 Å². The van der Waals surface area contributed by atoms with Crippen LogP contribution in [0.3, 0.4) is 0 Å². The highest BCUT2D eigenvalue weighted by molar-refractivity contribution is 5.85. The van der Waals surface area contributed by atoms with Gasteiger partial charge in [-0.1, -0.05) is 42.5 Å². The van der Waals surface area contributed by atoms with Crippen molar-refractivity contribution in [3.63, 3.8) is 0 Å². The van der Waals surface area contributed by atoms with Gasteiger partial charge in [0.15, 0.2) is 0 Å². The van der Waals surface area contributed by atoms with Crippen LogP contribution < -0.4 is 5.32 Å². The Morgan fingerprint density at radius 3 is 2.31 bits per heavy atom. The zero-order valence-corrected chi connectivity index (χ0v) is 14.3. The van der Waals surface area contributed by atoms with Crippen molar-refractivity contribution >= 4 is 11.9 Å². The second-order valence-corrected chi connectivity index (χ2v) is 6.58. The fraction of sp³-hybridized carbons (Fsp3) is 0.300. The van der Waals surface area contributed by atoms with Crippen LogP contribution in [-0.2, 0) is 22.7 Å². The van der Waals surface area contributed by atoms with E-state index in [2.05, 4.69) is 5.32 Å². The van der Waals surface area contributed by atoms with Gasteiger partial charge >= 0.3 is 5.97 Å². The van der Waals surface area contributed by atoms with Crippen molar-refractivity contribution in [3.8, 4) is 0 Å². The molecule has 1 heterocycles. The van der Waals surface area contributed by atoms with E-state index in [4.69, 9.17) is 0 Å². The number of carboxylic acid groups (broad SMARTS) is 1. The Morgan fingerprint density at radius 2 is 1.65 bits per heavy atom. The summed E-state index contributed by atoms with van der Waals surface area (Å²) in [6.07, 6.45) is 0. The first-order chi connectivity index (χ1) is 12.5. The summed E-state index contributed by atoms with van der Waals surface area (Å²) in [6.45, 7) is 1.62. The fourth-order valence-corrected chi connectivity index (χ4v) is 3.29. The van der Waals surface area contributed by atoms with Crippen LogP contribution in [0.25, 0.3) is 0 Å². The Hall–Kier alpha value is -2.73. The first-order valence-corrected chi connectivity index (χ1v) is 8.54. The van der Waals surface area contributed by atoms with Crippen LogP contribution in [0.1, 0.15) is 11.1 Å². The molecule has 6 heteroatoms. The Morgan fingerprint density at radius 1 is 1.00 bits per heavy atom. The number of hydrogen-bond donors (Lipinski definition) is 2. The van der Waals surface area contributed by atoms with E-state index in [1.165, 1.54) is 12.1 Å². The molecule has 0 saturated carbocycles. The van der Waals surface area contributed by atoms with E-state index < -0.39 is 17.8 Å². The summed E-state index contributed by atoms with van der Waals surface area (Å²) in [4.78, 5) is 26.1. The zero-order valence-electron chi connectivity index (χ0n) is 14.3. The summed E-state index contributed by atoms with van der Waals surface area (Å²) in [5.41, 5.74) is 1.86. The first-order valence-electron chi connectivity index (χ1n) is 8.54. The number of nitrogens with one attached hydrogen (secondary N) is 1. The van der Waals surface area contributed by atoms with E-state index in [9.17, 15) is 19.1 Å². The van der Waals surface area contributed by atoms with Gasteiger partial charge in [0, 0.05) is 26.2 Å². The summed E-state index contributed by atoms with van der Waals surface area (Å²) in [7, 11) is 0. The second kappa shape index (κ2) is 8.10. The number of nitrogens with zero attached hydrogens (tertiary/aromatic N) is 1. The lowest BCUT2D eigenvalue weighted by atomic mass is 9.95. The van der Waals surface area contributed by atoms with Gasteiger partial charge in [0.1, 0.15) is 5.82 Å². The molecular formula is C20H21FN2O3. The van der Waals surface area contributed by atoms with Gasteiger partial charge in [-0.15, -0.1) is 0 Å². The largest absolute Gasteiger partial charge is 0.481 e. The molecule has 3 rings (SSSR count). The average Bonchev–Trinajstić information content (AvgIpc) is 3.06. The van der Waals surface area contributed by atoms with Gasteiger partial charge < -0.3 is 10.4 Å². The van der Waals surface area contributed by atoms with Gasteiger partial charge in [-0.3, -0.25) is 14.5 Å². The molecule has 1 aliphatic rings. The van der Waals surface area contributed by atoms with Crippen molar-refractivity contribution < 1.29 is 19.1 Å². The van der Waals surface area contributed by atoms with Gasteiger partial charge in [0.2, 0.25) is 5.91 Å². The number of amides is 1. The van der Waals surface area contributed by atoms with Crippen molar-refractivity contribution in [3.05, 3.63) is 71.5 Å². The molecule has 0 radical (unpaired) electrons. The summed E-state index contributed by atoms with van der Waals surface area (Å²) in [5, 5.41) is 12.3. The molecule has 1 saturated heterocycles. The normalized spacial score (nSPS) is 20.0. The third-order valence-electron chi connectivity index (χ3n) is 4.68. The third-order valence-corrected chi connectivity index (χ3v) is 4.68. The minimum Gasteiger partial charge on any atom is -0.481 e. The highest BCUT2D eigenvalue weighted by Crippen LogP contribution is 2.25. The van der Waals surface area contributed by atoms with Gasteiger partial charge in [-0.2, -0.15) is 0 Å². The van der Waals surface area contributed by atoms with Crippen molar-refractivity contribution in [2.24, 2.45) is 11.8 Å². The number of halogens is 1. The highest BCUT2D eigenvalue weighted by atomic mass is 19.1. The van der Waals surface area contributed by atoms with E-state index in [-0.39, 0.29) is 18.3 Å². The first kappa shape index (κ1) is 18.1. The van der Waals surface area contributed by atoms with Crippen molar-refractivity contribution in [1.29, 1.82) is 0 Å². The summed E-state index contributed by atoms with van der Waals surface area (Å²) < 4.78 is 12.9. The molecule has 0 aromatic heterocycles. The van der Waals surface area contributed by atoms with Crippen LogP contribution in [0.5, 0.6) is 0 Å². The molecule has 2 aromatic carbocycles. The van der Waals surface area contributed by atoms with Crippen LogP contribution in [0.2, 0.25) is 0 Å². The Kier molecular flexibility index (Phi) is 5.63. The number of hydrogen-bond acceptors (Lipinski definition) is 3. The Bertz CT molecular complexity index is 764. The van der Waals surface area contributed by atoms with E-state index in [0.29, 0.717) is 19.6 Å². The molecule has 2 N–H and O–H groups in total. The predicted molar refractivity (Wildman–Crippen MR) is 94.6 cm³/mol. The van der Waals surface area contributed by atoms with Gasteiger partial charge in [-0.05, 0) is 23.3 Å². The molecule has 0 spiro atoms. The van der Waals surface area contributed by atoms with Crippen LogP contribution in [-0.4, -0.2) is 35.0 Å². The fourth-order valence-electron chi connectivity index (χ4n) is 3.29. The van der Waals surface area contributed by atoms with E-state index in [1.54, 1.807) is 12.1 Å². The minimum atomic E-state index is -0.956. The third kappa shape index (κ3) is 4.46. The topological polar surface area (TPSA) is 69.6 Å². The van der Waals surface area contributed by atoms with Crippen molar-refractivity contribution in [2.45, 2.75) is 13.1 Å². The number of aliphatic carboxylic acids is 1. The standard InChI is InChI=1S/C20H21FN2O3/c21-16-8-6-14(7-9-16)10-22-19(24)17-12-23(13-18(17)20(25)26)11-15-4-2-1-3-5-15/h1-9,17-18H,10-13H2,(H,22,24)(H,25,26). The van der Waals surface area contributed by atoms with E-state index in [1.807, 2.05) is 35.2 Å². The zero-order chi connectivity index (χ0) is 18.5. The maximum atomic E-state index is 12.9. The van der Waals surface area contributed by atoms with Crippen LogP contribution in [0.15, 0.2) is 54.6 Å². The Balaban J connectivity index is 1.61. The highest BCUT2D eigenvalue weighted by Gasteiger charge is 2.41. The lowest BCUT2D eigenvalue weighted by Crippen LogP contribution is -2.37. The number of benzene rings is 2. The average molecular weight is 356 g/mol. The molecule has 5 nitrogen and oxygen atoms in total. The van der Waals surface area contributed by atoms with Crippen LogP contribution in [0, 0.1) is 17.7 Å². The molecule has 2 aromatic rings. The molecule has 0 bridgehead atoms. The van der Waals surface area contributed by atoms with E-state index >= 15 is 0 Å². The molecule has 1 fully saturated rings. The SMILES string of the molecule is O=C(O)C1CN(Cc2ccccc2)CC1C(=O)NCc1ccc(F)cc1. The van der Waals surface area contributed by atoms with Gasteiger partial charge in [0.05, 0.1) is 11.8 Å². The molecule has 0 aliphatic carbocycles. The smallest absolute Gasteiger partial charge is 0.308 e. The summed E-state index contributed by atoms with van der Waals surface area (Å²) >= 11 is 0. The lowest BCUT2D eigenvalue weighted by Gasteiger charge is -2.16. The molecule has 1 aliphatic heterocycles. The van der Waals surface area contributed by atoms with Crippen molar-refractivity contribution in [2.75, 3.05) is 13.1 Å². The number of carboxylic acids is 1. The Labute approximate surface area is 151 Å².